The maximum atomic E-state index is 5.59. The Kier molecular flexibility index (Phi) is 2.95. The van der Waals surface area contributed by atoms with E-state index in [2.05, 4.69) is 3.33 Å². The first-order valence-corrected chi connectivity index (χ1v) is 5.78. The average molecular weight is 192 g/mol. The molecule has 0 fully saturated rings. The molecule has 0 aromatic heterocycles. The fraction of sp³-hybridized carbons (Fsp3) is 0.500. The van der Waals surface area contributed by atoms with Crippen molar-refractivity contribution in [2.45, 2.75) is 0 Å². The molecule has 53 valence electrons. The summed E-state index contributed by atoms with van der Waals surface area (Å²) in [6.07, 6.45) is 3.99. The molecule has 0 unspecified atom stereocenters. The van der Waals surface area contributed by atoms with Gasteiger partial charge in [0.1, 0.15) is 0 Å². The van der Waals surface area contributed by atoms with Gasteiger partial charge in [-0.2, -0.15) is 0 Å². The Balaban J connectivity index is 2.60. The van der Waals surface area contributed by atoms with Crippen LogP contribution in [0.1, 0.15) is 0 Å². The summed E-state index contributed by atoms with van der Waals surface area (Å²) in [5.41, 5.74) is 0. The molecular weight excluding hydrogens is 184 g/mol. The molecule has 0 saturated heterocycles. The van der Waals surface area contributed by atoms with Crippen molar-refractivity contribution in [3.63, 3.8) is 0 Å². The molecule has 0 aliphatic carbocycles. The fourth-order valence-electron chi connectivity index (χ4n) is 0.877. The predicted molar refractivity (Wildman–Crippen MR) is 38.7 cm³/mol. The Hall–Kier alpha value is 0.209. The molecule has 0 bridgehead atoms. The van der Waals surface area contributed by atoms with E-state index in [1.165, 1.54) is 0 Å². The monoisotopic (exact) mass is 192 g/mol. The van der Waals surface area contributed by atoms with Crippen LogP contribution in [0.4, 0.5) is 0 Å². The molecule has 0 radical (unpaired) electrons. The zero-order valence-electron chi connectivity index (χ0n) is 5.95. The summed E-state index contributed by atoms with van der Waals surface area (Å²) in [5.74, 6) is 0. The van der Waals surface area contributed by atoms with Crippen LogP contribution in [-0.2, 0) is 17.9 Å². The first-order chi connectivity index (χ1) is 4.75. The second-order valence-electron chi connectivity index (χ2n) is 2.19. The van der Waals surface area contributed by atoms with Crippen molar-refractivity contribution < 1.29 is 17.9 Å². The third-order valence-electron chi connectivity index (χ3n) is 1.43. The molecule has 0 aromatic carbocycles. The van der Waals surface area contributed by atoms with E-state index in [9.17, 15) is 0 Å². The molecule has 1 heterocycles. The molecular formula is C4H8BClN3Ti. The van der Waals surface area contributed by atoms with Crippen LogP contribution in [0, 0.1) is 0 Å². The molecule has 6 heteroatoms. The topological polar surface area (TPSA) is 18.8 Å². The summed E-state index contributed by atoms with van der Waals surface area (Å²) < 4.78 is 4.27. The summed E-state index contributed by atoms with van der Waals surface area (Å²) >= 11 is -0.600. The minimum absolute atomic E-state index is 0.150. The van der Waals surface area contributed by atoms with Gasteiger partial charge in [0.25, 0.3) is 0 Å². The Morgan fingerprint density at radius 3 is 2.30 bits per heavy atom. The van der Waals surface area contributed by atoms with Crippen molar-refractivity contribution in [1.29, 1.82) is 0 Å². The van der Waals surface area contributed by atoms with E-state index in [0.29, 0.717) is 0 Å². The molecule has 0 aromatic rings. The quantitative estimate of drug-likeness (QED) is 0.571. The van der Waals surface area contributed by atoms with Crippen molar-refractivity contribution in [2.24, 2.45) is 3.33 Å². The van der Waals surface area contributed by atoms with E-state index >= 15 is 0 Å². The van der Waals surface area contributed by atoms with Crippen LogP contribution >= 0.6 is 9.30 Å². The first kappa shape index (κ1) is 8.31. The van der Waals surface area contributed by atoms with Gasteiger partial charge in [-0.1, -0.05) is 0 Å². The third kappa shape index (κ3) is 1.62. The zero-order chi connectivity index (χ0) is 7.56. The Morgan fingerprint density at radius 2 is 1.90 bits per heavy atom. The van der Waals surface area contributed by atoms with E-state index in [-0.39, 0.29) is 7.12 Å². The average Bonchev–Trinajstić information content (AvgIpc) is 2.20. The van der Waals surface area contributed by atoms with Gasteiger partial charge in [-0.15, -0.1) is 0 Å². The molecule has 3 nitrogen and oxygen atoms in total. The van der Waals surface area contributed by atoms with E-state index in [1.54, 1.807) is 0 Å². The van der Waals surface area contributed by atoms with Crippen LogP contribution in [-0.4, -0.2) is 30.8 Å². The van der Waals surface area contributed by atoms with Crippen molar-refractivity contribution in [3.05, 3.63) is 12.4 Å². The number of rotatable bonds is 1. The molecule has 0 atom stereocenters. The van der Waals surface area contributed by atoms with Crippen molar-refractivity contribution in [3.8, 4) is 0 Å². The summed E-state index contributed by atoms with van der Waals surface area (Å²) in [6, 6.07) is 0. The number of halogens is 1. The first-order valence-electron chi connectivity index (χ1n) is 2.93. The number of hydrogen-bond acceptors (Lipinski definition) is 3. The van der Waals surface area contributed by atoms with Gasteiger partial charge in [0.15, 0.2) is 0 Å². The summed E-state index contributed by atoms with van der Waals surface area (Å²) in [7, 11) is 9.73. The predicted octanol–water partition coefficient (Wildman–Crippen LogP) is 0.740. The normalized spacial score (nSPS) is 17.3. The molecule has 0 N–H and O–H groups in total. The second-order valence-corrected chi connectivity index (χ2v) is 3.55. The van der Waals surface area contributed by atoms with Gasteiger partial charge in [-0.3, -0.25) is 0 Å². The SMILES string of the molecule is CN1C=CN(C)B1[N]=[Ti][Cl]. The molecule has 1 aliphatic rings. The molecule has 1 rings (SSSR count). The number of hydrogen-bond donors (Lipinski definition) is 0. The fourth-order valence-corrected chi connectivity index (χ4v) is 1.94. The summed E-state index contributed by atoms with van der Waals surface area (Å²) in [6.45, 7) is 0. The van der Waals surface area contributed by atoms with Crippen molar-refractivity contribution >= 4 is 16.4 Å². The van der Waals surface area contributed by atoms with Crippen LogP contribution in [0.5, 0.6) is 0 Å². The van der Waals surface area contributed by atoms with Gasteiger partial charge in [-0.05, 0) is 0 Å². The second kappa shape index (κ2) is 3.56. The van der Waals surface area contributed by atoms with Crippen LogP contribution in [0.25, 0.3) is 0 Å². The van der Waals surface area contributed by atoms with Gasteiger partial charge in [-0.25, -0.2) is 0 Å². The van der Waals surface area contributed by atoms with Crippen LogP contribution in [0.15, 0.2) is 15.7 Å². The van der Waals surface area contributed by atoms with Crippen LogP contribution < -0.4 is 0 Å². The molecule has 0 amide bonds. The van der Waals surface area contributed by atoms with Crippen LogP contribution in [0.3, 0.4) is 0 Å². The molecule has 10 heavy (non-hydrogen) atoms. The molecule has 0 spiro atoms. The van der Waals surface area contributed by atoms with E-state index in [1.807, 2.05) is 36.1 Å². The maximum absolute atomic E-state index is 5.59. The Bertz CT molecular complexity index is 162. The van der Waals surface area contributed by atoms with Gasteiger partial charge in [0.05, 0.1) is 0 Å². The Labute approximate surface area is 73.8 Å². The van der Waals surface area contributed by atoms with E-state index in [4.69, 9.17) is 9.30 Å². The van der Waals surface area contributed by atoms with Crippen molar-refractivity contribution in [1.82, 2.24) is 9.62 Å². The van der Waals surface area contributed by atoms with Crippen molar-refractivity contribution in [2.75, 3.05) is 14.1 Å². The molecule has 0 saturated carbocycles. The van der Waals surface area contributed by atoms with E-state index in [0.717, 1.165) is 0 Å². The van der Waals surface area contributed by atoms with Gasteiger partial charge >= 0.3 is 73.8 Å². The van der Waals surface area contributed by atoms with Crippen LogP contribution in [0.2, 0.25) is 0 Å². The third-order valence-corrected chi connectivity index (χ3v) is 2.35. The summed E-state index contributed by atoms with van der Waals surface area (Å²) in [4.78, 5) is 4.07. The number of nitrogens with zero attached hydrogens (tertiary/aromatic N) is 3. The zero-order valence-corrected chi connectivity index (χ0v) is 8.27. The van der Waals surface area contributed by atoms with Gasteiger partial charge in [0.2, 0.25) is 0 Å². The minimum atomic E-state index is -0.600. The van der Waals surface area contributed by atoms with Gasteiger partial charge < -0.3 is 0 Å². The Morgan fingerprint density at radius 1 is 1.40 bits per heavy atom. The van der Waals surface area contributed by atoms with E-state index < -0.39 is 17.9 Å². The standard InChI is InChI=1S/C4H8BN3.ClH.Ti/c1-7-3-4-8(2)5(7)6;;/h3-4H,1-2H3;1H;/q;;+1/p-1. The van der Waals surface area contributed by atoms with Gasteiger partial charge in [0, 0.05) is 0 Å². The molecule has 1 aliphatic heterocycles. The summed E-state index contributed by atoms with van der Waals surface area (Å²) in [5, 5.41) is 0.